The van der Waals surface area contributed by atoms with Gasteiger partial charge >= 0.3 is 12.0 Å². The molecule has 0 fully saturated rings. The molecule has 1 aromatic carbocycles. The van der Waals surface area contributed by atoms with Crippen LogP contribution in [0.5, 0.6) is 0 Å². The van der Waals surface area contributed by atoms with E-state index in [0.29, 0.717) is 5.02 Å². The van der Waals surface area contributed by atoms with Crippen molar-refractivity contribution in [2.75, 3.05) is 6.61 Å². The zero-order valence-electron chi connectivity index (χ0n) is 11.8. The summed E-state index contributed by atoms with van der Waals surface area (Å²) in [6.45, 7) is 3.17. The summed E-state index contributed by atoms with van der Waals surface area (Å²) >= 11 is 5.81. The van der Waals surface area contributed by atoms with Crippen LogP contribution in [0.3, 0.4) is 0 Å². The minimum Gasteiger partial charge on any atom is -0.455 e. The number of hydrogen-bond acceptors (Lipinski definition) is 4. The van der Waals surface area contributed by atoms with Crippen LogP contribution in [0.4, 0.5) is 4.79 Å². The number of ether oxygens (including phenoxy) is 1. The van der Waals surface area contributed by atoms with Crippen molar-refractivity contribution in [3.8, 4) is 0 Å². The second kappa shape index (κ2) is 7.64. The molecular weight excluding hydrogens is 296 g/mol. The van der Waals surface area contributed by atoms with Gasteiger partial charge in [-0.25, -0.2) is 4.79 Å². The molecule has 0 heterocycles. The maximum absolute atomic E-state index is 12.1. The first-order valence-electron chi connectivity index (χ1n) is 6.32. The van der Waals surface area contributed by atoms with Crippen LogP contribution in [-0.4, -0.2) is 24.5 Å². The zero-order chi connectivity index (χ0) is 16.0. The van der Waals surface area contributed by atoms with Gasteiger partial charge in [-0.15, -0.1) is 0 Å². The van der Waals surface area contributed by atoms with Crippen LogP contribution in [0.2, 0.25) is 5.02 Å². The standard InChI is InChI=1S/C14H17ClN2O4/c1-8(2)12(9-3-5-10(15)6-4-9)13(19)21-7-11(18)17-14(16)20/h3-6,8,12H,7H2,1-2H3,(H3,16,17,18,20). The molecule has 0 aliphatic carbocycles. The van der Waals surface area contributed by atoms with Crippen molar-refractivity contribution in [3.05, 3.63) is 34.9 Å². The summed E-state index contributed by atoms with van der Waals surface area (Å²) in [5.74, 6) is -1.87. The van der Waals surface area contributed by atoms with Crippen molar-refractivity contribution < 1.29 is 19.1 Å². The molecule has 0 saturated heterocycles. The number of primary amides is 1. The van der Waals surface area contributed by atoms with Gasteiger partial charge in [-0.3, -0.25) is 14.9 Å². The van der Waals surface area contributed by atoms with E-state index in [-0.39, 0.29) is 5.92 Å². The van der Waals surface area contributed by atoms with E-state index in [1.807, 2.05) is 19.2 Å². The van der Waals surface area contributed by atoms with Crippen molar-refractivity contribution in [2.24, 2.45) is 11.7 Å². The van der Waals surface area contributed by atoms with Gasteiger partial charge in [-0.2, -0.15) is 0 Å². The topological polar surface area (TPSA) is 98.5 Å². The fourth-order valence-corrected chi connectivity index (χ4v) is 1.99. The Morgan fingerprint density at radius 1 is 1.24 bits per heavy atom. The first-order chi connectivity index (χ1) is 9.81. The first-order valence-corrected chi connectivity index (χ1v) is 6.70. The minimum atomic E-state index is -0.992. The fourth-order valence-electron chi connectivity index (χ4n) is 1.86. The highest BCUT2D eigenvalue weighted by Gasteiger charge is 2.26. The van der Waals surface area contributed by atoms with Crippen molar-refractivity contribution >= 4 is 29.5 Å². The van der Waals surface area contributed by atoms with E-state index in [1.54, 1.807) is 24.3 Å². The Morgan fingerprint density at radius 2 is 1.81 bits per heavy atom. The van der Waals surface area contributed by atoms with E-state index in [1.165, 1.54) is 0 Å². The number of halogens is 1. The summed E-state index contributed by atoms with van der Waals surface area (Å²) in [5, 5.41) is 2.38. The lowest BCUT2D eigenvalue weighted by Gasteiger charge is -2.19. The molecule has 1 unspecified atom stereocenters. The molecule has 0 spiro atoms. The quantitative estimate of drug-likeness (QED) is 0.810. The number of nitrogens with one attached hydrogen (secondary N) is 1. The van der Waals surface area contributed by atoms with Gasteiger partial charge in [0, 0.05) is 5.02 Å². The molecular formula is C14H17ClN2O4. The van der Waals surface area contributed by atoms with E-state index in [2.05, 4.69) is 0 Å². The van der Waals surface area contributed by atoms with Crippen LogP contribution >= 0.6 is 11.6 Å². The van der Waals surface area contributed by atoms with Gasteiger partial charge < -0.3 is 10.5 Å². The first kappa shape index (κ1) is 17.0. The predicted molar refractivity (Wildman–Crippen MR) is 77.7 cm³/mol. The second-order valence-electron chi connectivity index (χ2n) is 4.79. The molecule has 1 aromatic rings. The van der Waals surface area contributed by atoms with E-state index in [9.17, 15) is 14.4 Å². The van der Waals surface area contributed by atoms with Crippen molar-refractivity contribution in [1.29, 1.82) is 0 Å². The number of urea groups is 1. The molecule has 1 rings (SSSR count). The number of nitrogens with two attached hydrogens (primary N) is 1. The largest absolute Gasteiger partial charge is 0.455 e. The van der Waals surface area contributed by atoms with E-state index in [0.717, 1.165) is 5.56 Å². The SMILES string of the molecule is CC(C)C(C(=O)OCC(=O)NC(N)=O)c1ccc(Cl)cc1. The Labute approximate surface area is 127 Å². The highest BCUT2D eigenvalue weighted by molar-refractivity contribution is 6.30. The highest BCUT2D eigenvalue weighted by Crippen LogP contribution is 2.27. The van der Waals surface area contributed by atoms with E-state index < -0.39 is 30.4 Å². The van der Waals surface area contributed by atoms with Crippen LogP contribution in [0.1, 0.15) is 25.3 Å². The summed E-state index contributed by atoms with van der Waals surface area (Å²) < 4.78 is 4.92. The smallest absolute Gasteiger partial charge is 0.318 e. The van der Waals surface area contributed by atoms with Crippen LogP contribution in [0.25, 0.3) is 0 Å². The number of carbonyl (C=O) groups is 3. The number of carbonyl (C=O) groups excluding carboxylic acids is 3. The van der Waals surface area contributed by atoms with Gasteiger partial charge in [0.05, 0.1) is 5.92 Å². The molecule has 21 heavy (non-hydrogen) atoms. The molecule has 3 amide bonds. The summed E-state index contributed by atoms with van der Waals surface area (Å²) in [6, 6.07) is 5.84. The number of hydrogen-bond donors (Lipinski definition) is 2. The molecule has 6 nitrogen and oxygen atoms in total. The van der Waals surface area contributed by atoms with Crippen LogP contribution < -0.4 is 11.1 Å². The maximum atomic E-state index is 12.1. The third kappa shape index (κ3) is 5.43. The van der Waals surface area contributed by atoms with Crippen LogP contribution in [0, 0.1) is 5.92 Å². The summed E-state index contributed by atoms with van der Waals surface area (Å²) in [4.78, 5) is 33.8. The number of amides is 3. The van der Waals surface area contributed by atoms with E-state index in [4.69, 9.17) is 22.1 Å². The number of imide groups is 1. The third-order valence-electron chi connectivity index (χ3n) is 2.76. The molecule has 114 valence electrons. The van der Waals surface area contributed by atoms with Crippen molar-refractivity contribution in [2.45, 2.75) is 19.8 Å². The average molecular weight is 313 g/mol. The van der Waals surface area contributed by atoms with Gasteiger partial charge in [0.25, 0.3) is 5.91 Å². The predicted octanol–water partition coefficient (Wildman–Crippen LogP) is 1.82. The number of benzene rings is 1. The second-order valence-corrected chi connectivity index (χ2v) is 5.23. The Hall–Kier alpha value is -2.08. The fraction of sp³-hybridized carbons (Fsp3) is 0.357. The lowest BCUT2D eigenvalue weighted by Crippen LogP contribution is -2.38. The Kier molecular flexibility index (Phi) is 6.17. The molecule has 0 saturated carbocycles. The Morgan fingerprint density at radius 3 is 2.29 bits per heavy atom. The van der Waals surface area contributed by atoms with Gasteiger partial charge in [-0.05, 0) is 23.6 Å². The third-order valence-corrected chi connectivity index (χ3v) is 3.01. The van der Waals surface area contributed by atoms with E-state index >= 15 is 0 Å². The Balaban J connectivity index is 2.73. The molecule has 3 N–H and O–H groups in total. The van der Waals surface area contributed by atoms with Gasteiger partial charge in [0.1, 0.15) is 0 Å². The van der Waals surface area contributed by atoms with Gasteiger partial charge in [-0.1, -0.05) is 37.6 Å². The van der Waals surface area contributed by atoms with Gasteiger partial charge in [0.15, 0.2) is 6.61 Å². The number of esters is 1. The summed E-state index contributed by atoms with van der Waals surface area (Å²) in [7, 11) is 0. The van der Waals surface area contributed by atoms with Crippen molar-refractivity contribution in [3.63, 3.8) is 0 Å². The molecule has 0 radical (unpaired) electrons. The monoisotopic (exact) mass is 312 g/mol. The zero-order valence-corrected chi connectivity index (χ0v) is 12.5. The number of rotatable bonds is 5. The van der Waals surface area contributed by atoms with Crippen LogP contribution in [-0.2, 0) is 14.3 Å². The normalized spacial score (nSPS) is 11.8. The average Bonchev–Trinajstić information content (AvgIpc) is 2.38. The van der Waals surface area contributed by atoms with Gasteiger partial charge in [0.2, 0.25) is 0 Å². The lowest BCUT2D eigenvalue weighted by molar-refractivity contribution is -0.150. The Bertz CT molecular complexity index is 528. The molecule has 0 aliphatic rings. The molecule has 7 heteroatoms. The minimum absolute atomic E-state index is 0.0297. The summed E-state index contributed by atoms with van der Waals surface area (Å²) in [5.41, 5.74) is 5.53. The molecule has 0 aromatic heterocycles. The highest BCUT2D eigenvalue weighted by atomic mass is 35.5. The molecule has 1 atom stereocenters. The molecule has 0 bridgehead atoms. The van der Waals surface area contributed by atoms with Crippen molar-refractivity contribution in [1.82, 2.24) is 5.32 Å². The lowest BCUT2D eigenvalue weighted by atomic mass is 9.88. The molecule has 0 aliphatic heterocycles. The van der Waals surface area contributed by atoms with Crippen LogP contribution in [0.15, 0.2) is 24.3 Å². The maximum Gasteiger partial charge on any atom is 0.318 e. The summed E-state index contributed by atoms with van der Waals surface area (Å²) in [6.07, 6.45) is 0.